The molecule has 0 aromatic heterocycles. The van der Waals surface area contributed by atoms with Crippen molar-refractivity contribution >= 4 is 76.4 Å². The van der Waals surface area contributed by atoms with Gasteiger partial charge in [-0.15, -0.1) is 0 Å². The number of likely N-dealkylation sites (N-methyl/N-ethyl adjacent to an activating group) is 1. The number of carbonyl (C=O) groups excluding carboxylic acids is 8. The molecule has 129 heavy (non-hydrogen) atoms. The lowest BCUT2D eigenvalue weighted by Crippen LogP contribution is -2.66. The number of nitrogens with zero attached hydrogens (tertiary/aromatic N) is 1. The summed E-state index contributed by atoms with van der Waals surface area (Å²) >= 11 is 14.3. The first-order chi connectivity index (χ1) is 61.6. The monoisotopic (exact) mass is 1830 g/mol. The molecule has 0 aliphatic carbocycles. The van der Waals surface area contributed by atoms with Crippen molar-refractivity contribution in [3.8, 4) is 80.1 Å². The summed E-state index contributed by atoms with van der Waals surface area (Å²) in [5.74, 6) is -17.4. The minimum Gasteiger partial charge on any atom is -0.508 e. The fraction of sp³-hybridized carbons (Fsp3) is 0.427. The van der Waals surface area contributed by atoms with Crippen LogP contribution in [0, 0.1) is 5.92 Å². The summed E-state index contributed by atoms with van der Waals surface area (Å²) in [5, 5.41) is 161. The summed E-state index contributed by atoms with van der Waals surface area (Å²) in [6, 6.07) is 5.70. The second-order valence-corrected chi connectivity index (χ2v) is 33.8. The zero-order valence-corrected chi connectivity index (χ0v) is 72.0. The molecule has 17 bridgehead atoms. The fourth-order valence-electron chi connectivity index (χ4n) is 16.1. The Hall–Kier alpha value is -11.9. The van der Waals surface area contributed by atoms with Crippen LogP contribution in [-0.4, -0.2) is 234 Å². The van der Waals surface area contributed by atoms with Crippen LogP contribution < -0.4 is 71.5 Å². The van der Waals surface area contributed by atoms with Crippen LogP contribution in [0.15, 0.2) is 115 Å². The van der Waals surface area contributed by atoms with Crippen molar-refractivity contribution in [2.24, 2.45) is 5.92 Å². The number of halogens is 2. The van der Waals surface area contributed by atoms with Crippen LogP contribution in [-0.2, 0) is 59.0 Å². The predicted molar refractivity (Wildman–Crippen MR) is 457 cm³/mol. The number of phenolic OH excluding ortho intramolecular Hbond substituents is 4. The van der Waals surface area contributed by atoms with Crippen molar-refractivity contribution in [1.82, 2.24) is 52.8 Å². The van der Waals surface area contributed by atoms with Crippen LogP contribution in [0.1, 0.15) is 153 Å². The maximum atomic E-state index is 16.8. The van der Waals surface area contributed by atoms with E-state index < -0.39 is 271 Å². The third-order valence-corrected chi connectivity index (χ3v) is 23.7. The first kappa shape index (κ1) is 94.7. The van der Waals surface area contributed by atoms with Gasteiger partial charge < -0.3 is 147 Å². The Balaban J connectivity index is 1.03. The van der Waals surface area contributed by atoms with Gasteiger partial charge in [0.2, 0.25) is 65.6 Å². The van der Waals surface area contributed by atoms with Crippen molar-refractivity contribution in [2.45, 2.75) is 194 Å². The molecular weight excluding hydrogens is 1730 g/mol. The van der Waals surface area contributed by atoms with Gasteiger partial charge >= 0.3 is 5.97 Å². The van der Waals surface area contributed by atoms with Gasteiger partial charge in [0.1, 0.15) is 131 Å². The Kier molecular flexibility index (Phi) is 30.3. The van der Waals surface area contributed by atoms with E-state index in [-0.39, 0.29) is 47.8 Å². The number of aliphatic hydroxyl groups excluding tert-OH is 7. The zero-order valence-electron chi connectivity index (χ0n) is 70.4. The number of benzene rings is 7. The molecule has 0 saturated carbocycles. The number of carboxylic acids is 1. The Morgan fingerprint density at radius 1 is 0.558 bits per heavy atom. The number of carbonyl (C=O) groups is 9. The molecule has 38 nitrogen and oxygen atoms in total. The lowest BCUT2D eigenvalue weighted by atomic mass is 9.89. The van der Waals surface area contributed by atoms with Gasteiger partial charge in [0.05, 0.1) is 16.7 Å². The molecule has 8 aliphatic heterocycles. The lowest BCUT2D eigenvalue weighted by molar-refractivity contribution is -0.277. The van der Waals surface area contributed by atoms with E-state index in [1.54, 1.807) is 19.0 Å². The van der Waals surface area contributed by atoms with Gasteiger partial charge in [-0.2, -0.15) is 0 Å². The number of unbranched alkanes of at least 4 members (excludes halogenated alkanes) is 6. The molecule has 0 radical (unpaired) electrons. The third-order valence-electron chi connectivity index (χ3n) is 23.0. The number of amides is 8. The highest BCUT2D eigenvalue weighted by Crippen LogP contribution is 2.51. The minimum absolute atomic E-state index is 0.0942. The smallest absolute Gasteiger partial charge is 0.335 e. The number of rotatable bonds is 23. The number of hydrogen-bond acceptors (Lipinski definition) is 29. The highest BCUT2D eigenvalue weighted by Gasteiger charge is 2.52. The molecule has 21 N–H and O–H groups in total. The summed E-state index contributed by atoms with van der Waals surface area (Å²) in [4.78, 5) is 140. The van der Waals surface area contributed by atoms with Gasteiger partial charge in [0.25, 0.3) is 0 Å². The summed E-state index contributed by atoms with van der Waals surface area (Å²) in [6.45, 7) is 3.65. The number of fused-ring (bicyclic) bond motifs is 14. The molecular formula is C89H102Cl2N10O28. The fourth-order valence-corrected chi connectivity index (χ4v) is 16.5. The van der Waals surface area contributed by atoms with E-state index in [2.05, 4.69) is 61.7 Å². The van der Waals surface area contributed by atoms with E-state index in [4.69, 9.17) is 56.4 Å². The summed E-state index contributed by atoms with van der Waals surface area (Å²) in [6.07, 6.45) is -14.7. The second kappa shape index (κ2) is 41.3. The van der Waals surface area contributed by atoms with Gasteiger partial charge in [-0.1, -0.05) is 112 Å². The second-order valence-electron chi connectivity index (χ2n) is 33.1. The number of carboxylic acid groups (broad SMARTS) is 1. The molecule has 7 aromatic rings. The molecule has 40 heteroatoms. The van der Waals surface area contributed by atoms with Gasteiger partial charge in [0.15, 0.2) is 29.1 Å². The quantitative estimate of drug-likeness (QED) is 0.0390. The molecule has 8 aliphatic rings. The molecule has 7 aromatic carbocycles. The van der Waals surface area contributed by atoms with E-state index in [9.17, 15) is 75.7 Å². The molecule has 0 unspecified atom stereocenters. The molecule has 0 spiro atoms. The topological polar surface area (TPSA) is 573 Å². The van der Waals surface area contributed by atoms with E-state index in [1.807, 2.05) is 0 Å². The van der Waals surface area contributed by atoms with Crippen molar-refractivity contribution in [3.05, 3.63) is 164 Å². The van der Waals surface area contributed by atoms with E-state index in [0.717, 1.165) is 111 Å². The SMILES string of the molecule is CN[C@H]1C(=O)N[C@@H]2Cc3ccc(cc3)Oc3cc4cc(c3O[C@@H]3O[C@H](C(=O)O)[C@@H](O)[C@H](O)[C@H]3NC(=O)CCCCCCCCCC(C)C)Oc3ccc(cc3Cl)[C@@H](O)[C@@H]3NC(=O)[C@H](NC(=O)[C@@H]4NC(=O)[C@@H](NC2=O)c2cc(cc(O)c2Cl)Oc2cc1ccc2O)c1ccc(O)c(c1)-c1c(O[C@H]2O[C@H](CO)[C@@H](O)[C@H](O)[C@@H]2O)cc(O)cc1[C@@H](C(=O)NCCCN(C)C)NC3=O. The Morgan fingerprint density at radius 2 is 1.20 bits per heavy atom. The molecule has 2 saturated heterocycles. The molecule has 690 valence electrons. The zero-order chi connectivity index (χ0) is 92.7. The largest absolute Gasteiger partial charge is 0.508 e. The molecule has 18 atom stereocenters. The Morgan fingerprint density at radius 3 is 1.89 bits per heavy atom. The number of nitrogens with one attached hydrogen (secondary N) is 9. The number of aromatic hydroxyl groups is 4. The van der Waals surface area contributed by atoms with E-state index in [1.165, 1.54) is 49.5 Å². The highest BCUT2D eigenvalue weighted by atomic mass is 35.5. The van der Waals surface area contributed by atoms with Crippen LogP contribution >= 0.6 is 23.2 Å². The average molecular weight is 1830 g/mol. The molecule has 2 fully saturated rings. The number of phenols is 4. The minimum atomic E-state index is -2.45. The number of aliphatic hydroxyl groups is 7. The lowest BCUT2D eigenvalue weighted by Gasteiger charge is -2.41. The number of ether oxygens (including phenoxy) is 7. The third kappa shape index (κ3) is 21.7. The van der Waals surface area contributed by atoms with E-state index >= 15 is 28.8 Å². The highest BCUT2D eigenvalue weighted by molar-refractivity contribution is 6.33. The Labute approximate surface area is 748 Å². The van der Waals surface area contributed by atoms with E-state index in [0.29, 0.717) is 30.9 Å². The van der Waals surface area contributed by atoms with Gasteiger partial charge in [0, 0.05) is 48.2 Å². The maximum Gasteiger partial charge on any atom is 0.335 e. The predicted octanol–water partition coefficient (Wildman–Crippen LogP) is 4.56. The summed E-state index contributed by atoms with van der Waals surface area (Å²) in [5.41, 5.74) is -2.67. The maximum absolute atomic E-state index is 16.8. The van der Waals surface area contributed by atoms with Crippen molar-refractivity contribution in [1.29, 1.82) is 0 Å². The first-order valence-corrected chi connectivity index (χ1v) is 42.8. The van der Waals surface area contributed by atoms with Crippen LogP contribution in [0.2, 0.25) is 10.0 Å². The van der Waals surface area contributed by atoms with Crippen LogP contribution in [0.5, 0.6) is 69.0 Å². The summed E-state index contributed by atoms with van der Waals surface area (Å²) < 4.78 is 44.5. The van der Waals surface area contributed by atoms with Gasteiger partial charge in [-0.05, 0) is 153 Å². The molecule has 15 rings (SSSR count). The Bertz CT molecular complexity index is 5360. The standard InChI is InChI=1S/C89H102Cl2N10O28/c1-39(2)14-11-9-7-6-8-10-12-15-62(107)95-71-74(110)76(112)79(87(121)122)129-88(71)128-78-59-32-44-33-60(78)125-56-25-20-43(30-51(56)90)72(108)70-86(120)99-68(81(115)93-26-13-27-101(4)5)49-34-45(103)35-58(126-89-77(113)75(111)73(109)61(38-102)127-89)63(49)48-29-41(18-23-53(48)104)66(83(117)100-70)96-84(118)67(44)97-85(119)69-50-36-47(37-55(106)64(50)91)124-57-31-42(19-24-54(57)105)65(92-3)82(116)94-52(80(114)98-69)28-40-16-21-46(123-59)22-17-40/h16-25,29-37,39,52,61,65-77,79,88-89,92,102-106,108-113H,6-15,26-28,38H2,1-5H3,(H,93,115)(H,94,116)(H,95,107)(H,96,118)(H,97,119)(H,98,114)(H,99,120)(H,100,117)(H,121,122)/t52-,61-,65-,66-,67-,68+,69+,70+,71-,72-,73-,74-,75+,76+,77+,79+,88-,89+/m1/s1. The van der Waals surface area contributed by atoms with Crippen LogP contribution in [0.3, 0.4) is 0 Å². The number of aliphatic carboxylic acids is 1. The summed E-state index contributed by atoms with van der Waals surface area (Å²) in [7, 11) is 4.96. The van der Waals surface area contributed by atoms with Crippen molar-refractivity contribution < 1.29 is 138 Å². The first-order valence-electron chi connectivity index (χ1n) is 42.0. The van der Waals surface area contributed by atoms with Crippen molar-refractivity contribution in [3.63, 3.8) is 0 Å². The normalized spacial score (nSPS) is 25.7. The van der Waals surface area contributed by atoms with Gasteiger partial charge in [-0.25, -0.2) is 4.79 Å². The van der Waals surface area contributed by atoms with Gasteiger partial charge in [-0.3, -0.25) is 38.4 Å². The molecule has 8 heterocycles. The van der Waals surface area contributed by atoms with Crippen molar-refractivity contribution in [2.75, 3.05) is 40.8 Å². The number of hydrogen-bond donors (Lipinski definition) is 21. The molecule has 8 amide bonds. The average Bonchev–Trinajstić information content (AvgIpc) is 0.751. The van der Waals surface area contributed by atoms with Crippen LogP contribution in [0.25, 0.3) is 11.1 Å². The van der Waals surface area contributed by atoms with Crippen LogP contribution in [0.4, 0.5) is 0 Å².